The van der Waals surface area contributed by atoms with Gasteiger partial charge in [-0.1, -0.05) is 0 Å². The van der Waals surface area contributed by atoms with Crippen molar-refractivity contribution in [2.45, 2.75) is 26.6 Å². The highest BCUT2D eigenvalue weighted by atomic mass is 19.4. The maximum Gasteiger partial charge on any atom is 0.435 e. The van der Waals surface area contributed by atoms with Gasteiger partial charge in [-0.25, -0.2) is 4.68 Å². The summed E-state index contributed by atoms with van der Waals surface area (Å²) in [7, 11) is 0. The molecule has 6 heteroatoms. The average Bonchev–Trinajstić information content (AvgIpc) is 2.28. The summed E-state index contributed by atoms with van der Waals surface area (Å²) in [4.78, 5) is 0. The van der Waals surface area contributed by atoms with E-state index in [4.69, 9.17) is 0 Å². The van der Waals surface area contributed by atoms with E-state index in [1.807, 2.05) is 0 Å². The summed E-state index contributed by atoms with van der Waals surface area (Å²) >= 11 is 0. The van der Waals surface area contributed by atoms with Gasteiger partial charge in [0.15, 0.2) is 5.69 Å². The maximum absolute atomic E-state index is 13.0. The third-order valence-corrected chi connectivity index (χ3v) is 1.68. The first-order chi connectivity index (χ1) is 5.88. The Kier molecular flexibility index (Phi) is 2.32. The smallest absolute Gasteiger partial charge is 0.239 e. The zero-order valence-electron chi connectivity index (χ0n) is 7.11. The lowest BCUT2D eigenvalue weighted by Crippen LogP contribution is -2.08. The van der Waals surface area contributed by atoms with E-state index in [2.05, 4.69) is 5.10 Å². The van der Waals surface area contributed by atoms with Crippen molar-refractivity contribution in [3.63, 3.8) is 0 Å². The summed E-state index contributed by atoms with van der Waals surface area (Å²) in [6.07, 6.45) is -4.58. The van der Waals surface area contributed by atoms with E-state index in [9.17, 15) is 17.6 Å². The molecule has 0 aliphatic rings. The molecule has 0 fully saturated rings. The fourth-order valence-corrected chi connectivity index (χ4v) is 1.01. The molecule has 2 nitrogen and oxygen atoms in total. The number of nitrogens with zero attached hydrogens (tertiary/aromatic N) is 2. The van der Waals surface area contributed by atoms with Crippen LogP contribution in [-0.2, 0) is 12.7 Å². The van der Waals surface area contributed by atoms with Gasteiger partial charge in [0, 0.05) is 12.1 Å². The second-order valence-corrected chi connectivity index (χ2v) is 2.58. The molecule has 0 spiro atoms. The van der Waals surface area contributed by atoms with Crippen LogP contribution in [0, 0.1) is 12.9 Å². The Morgan fingerprint density at radius 3 is 2.15 bits per heavy atom. The Balaban J connectivity index is 3.25. The lowest BCUT2D eigenvalue weighted by atomic mass is 10.3. The highest BCUT2D eigenvalue weighted by Gasteiger charge is 2.37. The highest BCUT2D eigenvalue weighted by Crippen LogP contribution is 2.31. The van der Waals surface area contributed by atoms with Crippen LogP contribution in [0.5, 0.6) is 0 Å². The first-order valence-corrected chi connectivity index (χ1v) is 3.68. The van der Waals surface area contributed by atoms with Gasteiger partial charge in [0.05, 0.1) is 0 Å². The molecule has 0 saturated heterocycles. The Labute approximate surface area is 72.2 Å². The minimum atomic E-state index is -4.58. The van der Waals surface area contributed by atoms with E-state index < -0.39 is 23.4 Å². The van der Waals surface area contributed by atoms with Crippen molar-refractivity contribution in [2.24, 2.45) is 0 Å². The van der Waals surface area contributed by atoms with Gasteiger partial charge in [-0.3, -0.25) is 0 Å². The lowest BCUT2D eigenvalue weighted by Gasteiger charge is -2.01. The van der Waals surface area contributed by atoms with Gasteiger partial charge < -0.3 is 0 Å². The standard InChI is InChI=1S/C7H8F4N2/c1-3-13-6(8)4(2)5(12-13)7(9,10)11/h3H2,1-2H3. The molecule has 0 N–H and O–H groups in total. The van der Waals surface area contributed by atoms with Crippen LogP contribution in [0.15, 0.2) is 0 Å². The van der Waals surface area contributed by atoms with Crippen molar-refractivity contribution in [2.75, 3.05) is 0 Å². The maximum atomic E-state index is 13.0. The molecule has 0 saturated carbocycles. The molecule has 0 bridgehead atoms. The molecular weight excluding hydrogens is 188 g/mol. The Bertz CT molecular complexity index is 313. The van der Waals surface area contributed by atoms with E-state index in [1.165, 1.54) is 6.92 Å². The van der Waals surface area contributed by atoms with Crippen molar-refractivity contribution >= 4 is 0 Å². The number of hydrogen-bond acceptors (Lipinski definition) is 1. The quantitative estimate of drug-likeness (QED) is 0.630. The fraction of sp³-hybridized carbons (Fsp3) is 0.571. The summed E-state index contributed by atoms with van der Waals surface area (Å²) < 4.78 is 50.1. The lowest BCUT2D eigenvalue weighted by molar-refractivity contribution is -0.141. The average molecular weight is 196 g/mol. The Morgan fingerprint density at radius 2 is 1.92 bits per heavy atom. The normalized spacial score (nSPS) is 12.2. The minimum absolute atomic E-state index is 0.0861. The molecule has 0 atom stereocenters. The van der Waals surface area contributed by atoms with Gasteiger partial charge in [-0.05, 0) is 13.8 Å². The van der Waals surface area contributed by atoms with Gasteiger partial charge in [0.25, 0.3) is 0 Å². The van der Waals surface area contributed by atoms with Crippen molar-refractivity contribution in [3.05, 3.63) is 17.2 Å². The molecule has 1 rings (SSSR count). The number of alkyl halides is 3. The van der Waals surface area contributed by atoms with Crippen LogP contribution >= 0.6 is 0 Å². The van der Waals surface area contributed by atoms with Gasteiger partial charge >= 0.3 is 6.18 Å². The molecule has 0 radical (unpaired) electrons. The van der Waals surface area contributed by atoms with Crippen LogP contribution in [0.4, 0.5) is 17.6 Å². The minimum Gasteiger partial charge on any atom is -0.239 e. The summed E-state index contributed by atoms with van der Waals surface area (Å²) in [6.45, 7) is 2.68. The zero-order chi connectivity index (χ0) is 10.2. The van der Waals surface area contributed by atoms with Crippen LogP contribution in [0.2, 0.25) is 0 Å². The van der Waals surface area contributed by atoms with Gasteiger partial charge in [-0.2, -0.15) is 22.7 Å². The fourth-order valence-electron chi connectivity index (χ4n) is 1.01. The number of aryl methyl sites for hydroxylation is 1. The van der Waals surface area contributed by atoms with Crippen molar-refractivity contribution in [3.8, 4) is 0 Å². The molecule has 0 aliphatic heterocycles. The summed E-state index contributed by atoms with van der Waals surface area (Å²) in [5.74, 6) is -0.921. The van der Waals surface area contributed by atoms with E-state index >= 15 is 0 Å². The molecule has 0 aromatic carbocycles. The molecular formula is C7H8F4N2. The van der Waals surface area contributed by atoms with Crippen molar-refractivity contribution in [1.82, 2.24) is 9.78 Å². The van der Waals surface area contributed by atoms with E-state index in [1.54, 1.807) is 0 Å². The van der Waals surface area contributed by atoms with E-state index in [0.29, 0.717) is 4.68 Å². The van der Waals surface area contributed by atoms with Crippen LogP contribution in [0.1, 0.15) is 18.2 Å². The van der Waals surface area contributed by atoms with E-state index in [0.717, 1.165) is 6.92 Å². The molecule has 0 unspecified atom stereocenters. The van der Waals surface area contributed by atoms with Crippen LogP contribution in [-0.4, -0.2) is 9.78 Å². The summed E-state index contributed by atoms with van der Waals surface area (Å²) in [6, 6.07) is 0. The number of aromatic nitrogens is 2. The second kappa shape index (κ2) is 3.01. The predicted octanol–water partition coefficient (Wildman–Crippen LogP) is 2.37. The molecule has 13 heavy (non-hydrogen) atoms. The van der Waals surface area contributed by atoms with Gasteiger partial charge in [0.1, 0.15) is 0 Å². The van der Waals surface area contributed by atoms with Gasteiger partial charge in [-0.15, -0.1) is 0 Å². The SMILES string of the molecule is CCn1nc(C(F)(F)F)c(C)c1F. The van der Waals surface area contributed by atoms with Crippen LogP contribution in [0.25, 0.3) is 0 Å². The monoisotopic (exact) mass is 196 g/mol. The van der Waals surface area contributed by atoms with Gasteiger partial charge in [0.2, 0.25) is 5.95 Å². The molecule has 1 heterocycles. The first kappa shape index (κ1) is 10.0. The first-order valence-electron chi connectivity index (χ1n) is 3.68. The number of rotatable bonds is 1. The Morgan fingerprint density at radius 1 is 1.38 bits per heavy atom. The highest BCUT2D eigenvalue weighted by molar-refractivity contribution is 5.19. The van der Waals surface area contributed by atoms with Crippen molar-refractivity contribution in [1.29, 1.82) is 0 Å². The third kappa shape index (κ3) is 1.66. The Hall–Kier alpha value is -1.07. The third-order valence-electron chi connectivity index (χ3n) is 1.68. The molecule has 1 aromatic heterocycles. The number of hydrogen-bond donors (Lipinski definition) is 0. The van der Waals surface area contributed by atoms with Crippen LogP contribution in [0.3, 0.4) is 0 Å². The predicted molar refractivity (Wildman–Crippen MR) is 37.6 cm³/mol. The van der Waals surface area contributed by atoms with E-state index in [-0.39, 0.29) is 6.54 Å². The molecule has 0 aliphatic carbocycles. The zero-order valence-corrected chi connectivity index (χ0v) is 7.11. The summed E-state index contributed by atoms with van der Waals surface area (Å²) in [5, 5.41) is 3.12. The molecule has 74 valence electrons. The second-order valence-electron chi connectivity index (χ2n) is 2.58. The largest absolute Gasteiger partial charge is 0.435 e. The topological polar surface area (TPSA) is 17.8 Å². The molecule has 0 amide bonds. The molecule has 1 aromatic rings. The number of halogens is 4. The summed E-state index contributed by atoms with van der Waals surface area (Å²) in [5.41, 5.74) is -1.60. The van der Waals surface area contributed by atoms with Crippen LogP contribution < -0.4 is 0 Å². The van der Waals surface area contributed by atoms with Crippen molar-refractivity contribution < 1.29 is 17.6 Å².